The van der Waals surface area contributed by atoms with Gasteiger partial charge in [-0.2, -0.15) is 0 Å². The lowest BCUT2D eigenvalue weighted by Gasteiger charge is -2.11. The summed E-state index contributed by atoms with van der Waals surface area (Å²) >= 11 is 0. The molecule has 2 aromatic carbocycles. The molecule has 0 spiro atoms. The first-order valence-corrected chi connectivity index (χ1v) is 6.68. The van der Waals surface area contributed by atoms with Gasteiger partial charge in [-0.15, -0.1) is 0 Å². The van der Waals surface area contributed by atoms with Crippen molar-refractivity contribution in [2.75, 3.05) is 5.73 Å². The number of benzene rings is 2. The van der Waals surface area contributed by atoms with Crippen LogP contribution in [-0.4, -0.2) is 5.91 Å². The summed E-state index contributed by atoms with van der Waals surface area (Å²) in [4.78, 5) is 12.2. The molecular weight excluding hydrogens is 248 g/mol. The van der Waals surface area contributed by atoms with Crippen LogP contribution >= 0.6 is 0 Å². The molecule has 0 radical (unpaired) electrons. The van der Waals surface area contributed by atoms with Gasteiger partial charge in [0, 0.05) is 17.8 Å². The Morgan fingerprint density at radius 3 is 2.65 bits per heavy atom. The number of nitrogens with two attached hydrogens (primary N) is 1. The van der Waals surface area contributed by atoms with Crippen LogP contribution in [0.15, 0.2) is 36.4 Å². The number of anilines is 1. The molecule has 2 aromatic rings. The van der Waals surface area contributed by atoms with Crippen molar-refractivity contribution in [2.45, 2.75) is 27.3 Å². The fraction of sp³-hybridized carbons (Fsp3) is 0.235. The van der Waals surface area contributed by atoms with Crippen molar-refractivity contribution in [1.82, 2.24) is 5.32 Å². The van der Waals surface area contributed by atoms with E-state index in [1.807, 2.05) is 57.2 Å². The van der Waals surface area contributed by atoms with E-state index in [1.165, 1.54) is 0 Å². The van der Waals surface area contributed by atoms with Crippen LogP contribution in [-0.2, 0) is 6.54 Å². The van der Waals surface area contributed by atoms with Gasteiger partial charge in [0.25, 0.3) is 5.91 Å². The average Bonchev–Trinajstić information content (AvgIpc) is 2.43. The van der Waals surface area contributed by atoms with Crippen molar-refractivity contribution in [2.24, 2.45) is 0 Å². The Balaban J connectivity index is 2.13. The molecule has 3 N–H and O–H groups in total. The third-order valence-electron chi connectivity index (χ3n) is 3.56. The van der Waals surface area contributed by atoms with Crippen LogP contribution in [0, 0.1) is 20.8 Å². The minimum Gasteiger partial charge on any atom is -0.399 e. The van der Waals surface area contributed by atoms with E-state index in [9.17, 15) is 4.79 Å². The molecule has 0 saturated heterocycles. The lowest BCUT2D eigenvalue weighted by molar-refractivity contribution is 0.0950. The van der Waals surface area contributed by atoms with Crippen LogP contribution in [0.3, 0.4) is 0 Å². The van der Waals surface area contributed by atoms with Gasteiger partial charge in [-0.1, -0.05) is 29.8 Å². The summed E-state index contributed by atoms with van der Waals surface area (Å²) in [6, 6.07) is 11.6. The molecule has 0 unspecified atom stereocenters. The quantitative estimate of drug-likeness (QED) is 0.840. The van der Waals surface area contributed by atoms with Crippen molar-refractivity contribution in [1.29, 1.82) is 0 Å². The SMILES string of the molecule is Cc1ccc(C)c(C(=O)NCc2cccc(N)c2C)c1. The third-order valence-corrected chi connectivity index (χ3v) is 3.56. The topological polar surface area (TPSA) is 55.1 Å². The lowest BCUT2D eigenvalue weighted by atomic mass is 10.0. The highest BCUT2D eigenvalue weighted by atomic mass is 16.1. The molecular formula is C17H20N2O. The van der Waals surface area contributed by atoms with Crippen molar-refractivity contribution in [3.63, 3.8) is 0 Å². The third kappa shape index (κ3) is 2.99. The molecule has 0 aliphatic carbocycles. The predicted octanol–water partition coefficient (Wildman–Crippen LogP) is 3.12. The van der Waals surface area contributed by atoms with Crippen LogP contribution in [0.4, 0.5) is 5.69 Å². The molecule has 0 aromatic heterocycles. The molecule has 20 heavy (non-hydrogen) atoms. The maximum atomic E-state index is 12.2. The van der Waals surface area contributed by atoms with Gasteiger partial charge in [-0.05, 0) is 49.6 Å². The normalized spacial score (nSPS) is 10.3. The van der Waals surface area contributed by atoms with Gasteiger partial charge in [0.05, 0.1) is 0 Å². The molecule has 0 atom stereocenters. The fourth-order valence-electron chi connectivity index (χ4n) is 2.15. The van der Waals surface area contributed by atoms with Crippen LogP contribution < -0.4 is 11.1 Å². The van der Waals surface area contributed by atoms with Crippen molar-refractivity contribution in [3.8, 4) is 0 Å². The van der Waals surface area contributed by atoms with Gasteiger partial charge >= 0.3 is 0 Å². The van der Waals surface area contributed by atoms with E-state index in [-0.39, 0.29) is 5.91 Å². The Hall–Kier alpha value is -2.29. The Bertz CT molecular complexity index is 647. The van der Waals surface area contributed by atoms with Crippen molar-refractivity contribution in [3.05, 3.63) is 64.2 Å². The van der Waals surface area contributed by atoms with Gasteiger partial charge in [0.15, 0.2) is 0 Å². The highest BCUT2D eigenvalue weighted by Gasteiger charge is 2.09. The first-order chi connectivity index (χ1) is 9.49. The van der Waals surface area contributed by atoms with E-state index in [4.69, 9.17) is 5.73 Å². The van der Waals surface area contributed by atoms with Gasteiger partial charge < -0.3 is 11.1 Å². The molecule has 1 amide bonds. The summed E-state index contributed by atoms with van der Waals surface area (Å²) in [7, 11) is 0. The second kappa shape index (κ2) is 5.78. The maximum Gasteiger partial charge on any atom is 0.251 e. The molecule has 0 aliphatic rings. The van der Waals surface area contributed by atoms with Crippen molar-refractivity contribution < 1.29 is 4.79 Å². The van der Waals surface area contributed by atoms with Crippen LogP contribution in [0.5, 0.6) is 0 Å². The molecule has 0 saturated carbocycles. The highest BCUT2D eigenvalue weighted by Crippen LogP contribution is 2.16. The van der Waals surface area contributed by atoms with Gasteiger partial charge in [0.2, 0.25) is 0 Å². The van der Waals surface area contributed by atoms with E-state index in [0.717, 1.165) is 33.5 Å². The molecule has 104 valence electrons. The first-order valence-electron chi connectivity index (χ1n) is 6.68. The monoisotopic (exact) mass is 268 g/mol. The number of nitrogen functional groups attached to an aromatic ring is 1. The zero-order valence-corrected chi connectivity index (χ0v) is 12.2. The summed E-state index contributed by atoms with van der Waals surface area (Å²) in [5.41, 5.74) is 11.5. The highest BCUT2D eigenvalue weighted by molar-refractivity contribution is 5.95. The number of carbonyl (C=O) groups excluding carboxylic acids is 1. The summed E-state index contributed by atoms with van der Waals surface area (Å²) in [6.45, 7) is 6.39. The van der Waals surface area contributed by atoms with E-state index >= 15 is 0 Å². The number of amides is 1. The largest absolute Gasteiger partial charge is 0.399 e. The first kappa shape index (κ1) is 14.1. The van der Waals surface area contributed by atoms with Gasteiger partial charge in [0.1, 0.15) is 0 Å². The van der Waals surface area contributed by atoms with Crippen LogP contribution in [0.2, 0.25) is 0 Å². The number of aryl methyl sites for hydroxylation is 2. The van der Waals surface area contributed by atoms with Gasteiger partial charge in [-0.3, -0.25) is 4.79 Å². The molecule has 0 aliphatic heterocycles. The molecule has 0 bridgehead atoms. The summed E-state index contributed by atoms with van der Waals surface area (Å²) in [5.74, 6) is -0.0481. The summed E-state index contributed by atoms with van der Waals surface area (Å²) < 4.78 is 0. The van der Waals surface area contributed by atoms with Gasteiger partial charge in [-0.25, -0.2) is 0 Å². The minimum absolute atomic E-state index is 0.0481. The second-order valence-corrected chi connectivity index (χ2v) is 5.13. The Labute approximate surface area is 119 Å². The second-order valence-electron chi connectivity index (χ2n) is 5.13. The van der Waals surface area contributed by atoms with E-state index in [2.05, 4.69) is 5.32 Å². The predicted molar refractivity (Wildman–Crippen MR) is 82.7 cm³/mol. The smallest absolute Gasteiger partial charge is 0.251 e. The number of hydrogen-bond donors (Lipinski definition) is 2. The molecule has 0 heterocycles. The number of rotatable bonds is 3. The standard InChI is InChI=1S/C17H20N2O/c1-11-7-8-12(2)15(9-11)17(20)19-10-14-5-4-6-16(18)13(14)3/h4-9H,10,18H2,1-3H3,(H,19,20). The zero-order valence-electron chi connectivity index (χ0n) is 12.2. The number of nitrogens with one attached hydrogen (secondary N) is 1. The van der Waals surface area contributed by atoms with E-state index in [0.29, 0.717) is 6.54 Å². The fourth-order valence-corrected chi connectivity index (χ4v) is 2.15. The Morgan fingerprint density at radius 1 is 1.15 bits per heavy atom. The van der Waals surface area contributed by atoms with Crippen LogP contribution in [0.1, 0.15) is 32.6 Å². The van der Waals surface area contributed by atoms with Crippen molar-refractivity contribution >= 4 is 11.6 Å². The number of carbonyl (C=O) groups is 1. The summed E-state index contributed by atoms with van der Waals surface area (Å²) in [5, 5.41) is 2.96. The summed E-state index contributed by atoms with van der Waals surface area (Å²) in [6.07, 6.45) is 0. The van der Waals surface area contributed by atoms with Crippen LogP contribution in [0.25, 0.3) is 0 Å². The molecule has 0 fully saturated rings. The van der Waals surface area contributed by atoms with E-state index < -0.39 is 0 Å². The maximum absolute atomic E-state index is 12.2. The zero-order chi connectivity index (χ0) is 14.7. The molecule has 2 rings (SSSR count). The Kier molecular flexibility index (Phi) is 4.08. The Morgan fingerprint density at radius 2 is 1.90 bits per heavy atom. The minimum atomic E-state index is -0.0481. The number of hydrogen-bond acceptors (Lipinski definition) is 2. The molecule has 3 heteroatoms. The molecule has 3 nitrogen and oxygen atoms in total. The average molecular weight is 268 g/mol. The lowest BCUT2D eigenvalue weighted by Crippen LogP contribution is -2.24. The van der Waals surface area contributed by atoms with E-state index in [1.54, 1.807) is 0 Å².